The van der Waals surface area contributed by atoms with E-state index in [0.29, 0.717) is 18.5 Å². The number of hydrogen-bond acceptors (Lipinski definition) is 5. The number of aliphatic hydroxyl groups excluding tert-OH is 1. The fraction of sp³-hybridized carbons (Fsp3) is 0.500. The van der Waals surface area contributed by atoms with Crippen molar-refractivity contribution in [1.82, 2.24) is 14.7 Å². The molecule has 1 aliphatic rings. The van der Waals surface area contributed by atoms with Gasteiger partial charge in [-0.2, -0.15) is 5.10 Å². The highest BCUT2D eigenvalue weighted by Crippen LogP contribution is 2.33. The van der Waals surface area contributed by atoms with Crippen molar-refractivity contribution in [2.75, 3.05) is 13.1 Å². The fourth-order valence-corrected chi connectivity index (χ4v) is 3.71. The fourth-order valence-electron chi connectivity index (χ4n) is 3.71. The third-order valence-electron chi connectivity index (χ3n) is 5.01. The van der Waals surface area contributed by atoms with E-state index in [4.69, 9.17) is 0 Å². The van der Waals surface area contributed by atoms with Gasteiger partial charge in [-0.15, -0.1) is 0 Å². The molecule has 0 saturated carbocycles. The Morgan fingerprint density at radius 3 is 2.84 bits per heavy atom. The van der Waals surface area contributed by atoms with Gasteiger partial charge in [0.15, 0.2) is 0 Å². The van der Waals surface area contributed by atoms with Crippen molar-refractivity contribution in [1.29, 1.82) is 0 Å². The molecular formula is C18H24N4O3. The number of benzene rings is 1. The molecular weight excluding hydrogens is 320 g/mol. The van der Waals surface area contributed by atoms with Gasteiger partial charge in [-0.3, -0.25) is 19.7 Å². The predicted molar refractivity (Wildman–Crippen MR) is 94.5 cm³/mol. The van der Waals surface area contributed by atoms with Crippen LogP contribution in [0.2, 0.25) is 0 Å². The Hall–Kier alpha value is -2.25. The molecule has 1 aromatic heterocycles. The van der Waals surface area contributed by atoms with E-state index < -0.39 is 11.0 Å². The van der Waals surface area contributed by atoms with Gasteiger partial charge in [0.2, 0.25) is 0 Å². The van der Waals surface area contributed by atoms with Gasteiger partial charge in [-0.1, -0.05) is 24.3 Å². The molecule has 0 radical (unpaired) electrons. The molecule has 7 nitrogen and oxygen atoms in total. The van der Waals surface area contributed by atoms with Gasteiger partial charge in [-0.25, -0.2) is 0 Å². The van der Waals surface area contributed by atoms with Crippen molar-refractivity contribution < 1.29 is 10.0 Å². The molecule has 3 unspecified atom stereocenters. The second kappa shape index (κ2) is 7.33. The summed E-state index contributed by atoms with van der Waals surface area (Å²) in [5.41, 5.74) is 2.64. The molecule has 2 heterocycles. The molecule has 3 atom stereocenters. The van der Waals surface area contributed by atoms with E-state index in [9.17, 15) is 15.2 Å². The van der Waals surface area contributed by atoms with Gasteiger partial charge in [0.05, 0.1) is 17.6 Å². The average molecular weight is 344 g/mol. The molecule has 0 aliphatic carbocycles. The standard InChI is InChI=1S/C18H24N4O3/c1-13-5-3-4-6-18(13)15-7-14(2)20(9-15)11-17(23)12-21-10-16(8-19-21)22(24)25/h3-6,8,10,14-15,17,23H,7,9,11-12H2,1-2H3. The second-order valence-electron chi connectivity index (χ2n) is 6.92. The van der Waals surface area contributed by atoms with Crippen molar-refractivity contribution >= 4 is 5.69 Å². The number of aryl methyl sites for hydroxylation is 1. The number of nitro groups is 1. The van der Waals surface area contributed by atoms with Crippen LogP contribution in [0.5, 0.6) is 0 Å². The minimum absolute atomic E-state index is 0.0543. The Bertz CT molecular complexity index is 745. The summed E-state index contributed by atoms with van der Waals surface area (Å²) in [6, 6.07) is 8.86. The molecule has 1 fully saturated rings. The van der Waals surface area contributed by atoms with Crippen LogP contribution >= 0.6 is 0 Å². The van der Waals surface area contributed by atoms with E-state index in [1.54, 1.807) is 0 Å². The van der Waals surface area contributed by atoms with Crippen LogP contribution in [-0.4, -0.2) is 49.9 Å². The SMILES string of the molecule is Cc1ccccc1C1CC(C)N(CC(O)Cn2cc([N+](=O)[O-])cn2)C1. The zero-order valence-corrected chi connectivity index (χ0v) is 14.6. The van der Waals surface area contributed by atoms with Crippen LogP contribution in [0.4, 0.5) is 5.69 Å². The summed E-state index contributed by atoms with van der Waals surface area (Å²) in [4.78, 5) is 12.5. The highest BCUT2D eigenvalue weighted by Gasteiger charge is 2.31. The number of likely N-dealkylation sites (tertiary alicyclic amines) is 1. The summed E-state index contributed by atoms with van der Waals surface area (Å²) < 4.78 is 1.43. The summed E-state index contributed by atoms with van der Waals surface area (Å²) >= 11 is 0. The maximum Gasteiger partial charge on any atom is 0.306 e. The monoisotopic (exact) mass is 344 g/mol. The number of hydrogen-bond donors (Lipinski definition) is 1. The first kappa shape index (κ1) is 17.6. The third kappa shape index (κ3) is 4.05. The van der Waals surface area contributed by atoms with E-state index in [-0.39, 0.29) is 12.2 Å². The summed E-state index contributed by atoms with van der Waals surface area (Å²) in [6.45, 7) is 6.04. The smallest absolute Gasteiger partial charge is 0.306 e. The summed E-state index contributed by atoms with van der Waals surface area (Å²) in [6.07, 6.45) is 3.02. The number of β-amino-alcohol motifs (C(OH)–C–C–N with tert-alkyl or cyclic N) is 1. The van der Waals surface area contributed by atoms with E-state index in [1.165, 1.54) is 28.2 Å². The first-order chi connectivity index (χ1) is 11.9. The zero-order chi connectivity index (χ0) is 18.0. The quantitative estimate of drug-likeness (QED) is 0.642. The van der Waals surface area contributed by atoms with Gasteiger partial charge in [0.1, 0.15) is 12.4 Å². The van der Waals surface area contributed by atoms with Crippen LogP contribution in [0, 0.1) is 17.0 Å². The largest absolute Gasteiger partial charge is 0.390 e. The molecule has 0 amide bonds. The molecule has 3 rings (SSSR count). The molecule has 0 spiro atoms. The summed E-state index contributed by atoms with van der Waals surface area (Å²) in [5.74, 6) is 0.481. The Balaban J connectivity index is 1.58. The maximum absolute atomic E-state index is 10.7. The van der Waals surface area contributed by atoms with Crippen molar-refractivity contribution in [3.05, 3.63) is 57.9 Å². The number of rotatable bonds is 6. The number of aromatic nitrogens is 2. The molecule has 1 aromatic carbocycles. The van der Waals surface area contributed by atoms with Gasteiger partial charge in [0, 0.05) is 19.1 Å². The minimum atomic E-state index is -0.613. The van der Waals surface area contributed by atoms with E-state index in [2.05, 4.69) is 48.1 Å². The highest BCUT2D eigenvalue weighted by molar-refractivity contribution is 5.30. The van der Waals surface area contributed by atoms with Gasteiger partial charge >= 0.3 is 5.69 Å². The van der Waals surface area contributed by atoms with Crippen LogP contribution in [0.1, 0.15) is 30.4 Å². The predicted octanol–water partition coefficient (Wildman–Crippen LogP) is 2.34. The van der Waals surface area contributed by atoms with E-state index in [1.807, 2.05) is 0 Å². The van der Waals surface area contributed by atoms with Gasteiger partial charge in [0.25, 0.3) is 0 Å². The number of aliphatic hydroxyl groups is 1. The van der Waals surface area contributed by atoms with Crippen LogP contribution < -0.4 is 0 Å². The zero-order valence-electron chi connectivity index (χ0n) is 14.6. The first-order valence-electron chi connectivity index (χ1n) is 8.58. The average Bonchev–Trinajstić information content (AvgIpc) is 3.15. The molecule has 2 aromatic rings. The first-order valence-corrected chi connectivity index (χ1v) is 8.58. The molecule has 0 bridgehead atoms. The van der Waals surface area contributed by atoms with Crippen molar-refractivity contribution in [3.8, 4) is 0 Å². The summed E-state index contributed by atoms with van der Waals surface area (Å²) in [5, 5.41) is 25.0. The lowest BCUT2D eigenvalue weighted by Crippen LogP contribution is -2.37. The van der Waals surface area contributed by atoms with Crippen molar-refractivity contribution in [2.24, 2.45) is 0 Å². The van der Waals surface area contributed by atoms with Crippen molar-refractivity contribution in [3.63, 3.8) is 0 Å². The van der Waals surface area contributed by atoms with E-state index >= 15 is 0 Å². The van der Waals surface area contributed by atoms with Gasteiger partial charge in [-0.05, 0) is 37.3 Å². The van der Waals surface area contributed by atoms with E-state index in [0.717, 1.165) is 13.0 Å². The molecule has 1 N–H and O–H groups in total. The Morgan fingerprint density at radius 1 is 1.40 bits per heavy atom. The molecule has 7 heteroatoms. The third-order valence-corrected chi connectivity index (χ3v) is 5.01. The number of nitrogens with zero attached hydrogens (tertiary/aromatic N) is 4. The van der Waals surface area contributed by atoms with Crippen LogP contribution in [-0.2, 0) is 6.54 Å². The minimum Gasteiger partial charge on any atom is -0.390 e. The lowest BCUT2D eigenvalue weighted by Gasteiger charge is -2.24. The van der Waals surface area contributed by atoms with Gasteiger partial charge < -0.3 is 5.11 Å². The molecule has 134 valence electrons. The molecule has 1 saturated heterocycles. The maximum atomic E-state index is 10.7. The lowest BCUT2D eigenvalue weighted by atomic mass is 9.93. The van der Waals surface area contributed by atoms with Crippen LogP contribution in [0.15, 0.2) is 36.7 Å². The Kier molecular flexibility index (Phi) is 5.15. The Labute approximate surface area is 147 Å². The normalized spacial score (nSPS) is 22.2. The molecule has 25 heavy (non-hydrogen) atoms. The highest BCUT2D eigenvalue weighted by atomic mass is 16.6. The van der Waals surface area contributed by atoms with Crippen LogP contribution in [0.25, 0.3) is 0 Å². The Morgan fingerprint density at radius 2 is 2.16 bits per heavy atom. The lowest BCUT2D eigenvalue weighted by molar-refractivity contribution is -0.385. The second-order valence-corrected chi connectivity index (χ2v) is 6.92. The topological polar surface area (TPSA) is 84.4 Å². The molecule has 1 aliphatic heterocycles. The summed E-state index contributed by atoms with van der Waals surface area (Å²) in [7, 11) is 0. The van der Waals surface area contributed by atoms with Crippen LogP contribution in [0.3, 0.4) is 0 Å². The van der Waals surface area contributed by atoms with Crippen molar-refractivity contribution in [2.45, 2.75) is 44.9 Å².